The van der Waals surface area contributed by atoms with E-state index in [0.717, 1.165) is 42.9 Å². The molecule has 0 N–H and O–H groups in total. The summed E-state index contributed by atoms with van der Waals surface area (Å²) in [6.07, 6.45) is 19.7. The number of aryl methyl sites for hydroxylation is 3. The van der Waals surface area contributed by atoms with Crippen molar-refractivity contribution >= 4 is 0 Å². The van der Waals surface area contributed by atoms with Crippen LogP contribution >= 0.6 is 0 Å². The van der Waals surface area contributed by atoms with E-state index >= 15 is 0 Å². The summed E-state index contributed by atoms with van der Waals surface area (Å²) in [6.45, 7) is 5.30. The molecule has 0 saturated carbocycles. The molecule has 0 saturated heterocycles. The third-order valence-electron chi connectivity index (χ3n) is 7.05. The molecule has 0 aliphatic carbocycles. The Labute approximate surface area is 220 Å². The van der Waals surface area contributed by atoms with Crippen molar-refractivity contribution in [1.82, 2.24) is 4.98 Å². The zero-order valence-corrected chi connectivity index (χ0v) is 22.8. The molecule has 0 spiro atoms. The maximum atomic E-state index is 5.85. The summed E-state index contributed by atoms with van der Waals surface area (Å²) in [5.41, 5.74) is 6.43. The number of benzene rings is 2. The van der Waals surface area contributed by atoms with E-state index in [1.807, 2.05) is 12.3 Å². The van der Waals surface area contributed by atoms with Crippen molar-refractivity contribution in [2.24, 2.45) is 0 Å². The Morgan fingerprint density at radius 1 is 0.528 bits per heavy atom. The van der Waals surface area contributed by atoms with Gasteiger partial charge in [-0.25, -0.2) is 0 Å². The molecule has 3 aromatic rings. The summed E-state index contributed by atoms with van der Waals surface area (Å²) in [5.74, 6) is 0.865. The van der Waals surface area contributed by atoms with Crippen LogP contribution in [0.3, 0.4) is 0 Å². The summed E-state index contributed by atoms with van der Waals surface area (Å²) >= 11 is 0. The fourth-order valence-electron chi connectivity index (χ4n) is 4.64. The van der Waals surface area contributed by atoms with E-state index in [1.165, 1.54) is 87.3 Å². The van der Waals surface area contributed by atoms with Gasteiger partial charge in [-0.15, -0.1) is 0 Å². The first-order chi connectivity index (χ1) is 17.8. The highest BCUT2D eigenvalue weighted by molar-refractivity contribution is 5.59. The molecule has 36 heavy (non-hydrogen) atoms. The first-order valence-corrected chi connectivity index (χ1v) is 14.5. The molecule has 0 radical (unpaired) electrons. The Hall–Kier alpha value is -2.61. The Balaban J connectivity index is 1.37. The third kappa shape index (κ3) is 10.6. The molecule has 0 unspecified atom stereocenters. The Morgan fingerprint density at radius 3 is 1.64 bits per heavy atom. The van der Waals surface area contributed by atoms with Gasteiger partial charge >= 0.3 is 0 Å². The van der Waals surface area contributed by atoms with Gasteiger partial charge in [0.05, 0.1) is 18.5 Å². The van der Waals surface area contributed by atoms with Crippen molar-refractivity contribution in [2.45, 2.75) is 104 Å². The zero-order valence-electron chi connectivity index (χ0n) is 22.8. The molecule has 0 aliphatic heterocycles. The molecule has 0 aliphatic rings. The van der Waals surface area contributed by atoms with Crippen LogP contribution in [0.5, 0.6) is 5.75 Å². The van der Waals surface area contributed by atoms with Gasteiger partial charge in [0.25, 0.3) is 0 Å². The number of pyridine rings is 1. The lowest BCUT2D eigenvalue weighted by Crippen LogP contribution is -1.98. The van der Waals surface area contributed by atoms with Crippen LogP contribution in [-0.2, 0) is 19.3 Å². The molecule has 0 amide bonds. The number of ether oxygens (including phenoxy) is 1. The Bertz CT molecular complexity index is 944. The maximum Gasteiger partial charge on any atom is 0.137 e. The van der Waals surface area contributed by atoms with Gasteiger partial charge in [0.15, 0.2) is 0 Å². The van der Waals surface area contributed by atoms with E-state index in [2.05, 4.69) is 73.4 Å². The van der Waals surface area contributed by atoms with Crippen molar-refractivity contribution in [2.75, 3.05) is 6.61 Å². The maximum absolute atomic E-state index is 5.85. The highest BCUT2D eigenvalue weighted by Gasteiger charge is 2.03. The summed E-state index contributed by atoms with van der Waals surface area (Å²) in [4.78, 5) is 4.62. The quantitative estimate of drug-likeness (QED) is 0.167. The van der Waals surface area contributed by atoms with Gasteiger partial charge in [0, 0.05) is 5.56 Å². The second-order valence-electron chi connectivity index (χ2n) is 10.2. The van der Waals surface area contributed by atoms with Gasteiger partial charge in [-0.1, -0.05) is 120 Å². The third-order valence-corrected chi connectivity index (χ3v) is 7.05. The van der Waals surface area contributed by atoms with Crippen molar-refractivity contribution < 1.29 is 4.74 Å². The van der Waals surface area contributed by atoms with Crippen molar-refractivity contribution in [3.05, 3.63) is 83.6 Å². The molecule has 194 valence electrons. The summed E-state index contributed by atoms with van der Waals surface area (Å²) in [7, 11) is 0. The summed E-state index contributed by atoms with van der Waals surface area (Å²) in [6, 6.07) is 22.3. The molecular weight excluding hydrogens is 438 g/mol. The number of hydrogen-bond acceptors (Lipinski definition) is 2. The molecular formula is C34H47NO. The minimum absolute atomic E-state index is 0.779. The second-order valence-corrected chi connectivity index (χ2v) is 10.2. The standard InChI is InChI=1S/C34H47NO/c1-3-5-7-9-10-12-14-29-15-17-30(18-16-29)19-20-31-21-23-32(24-22-31)34-26-25-33(28-35-34)36-27-13-11-8-6-4-2/h15-18,21-26,28H,3-14,19-20,27H2,1-2H3. The second kappa shape index (κ2) is 17.0. The van der Waals surface area contributed by atoms with Gasteiger partial charge < -0.3 is 4.74 Å². The van der Waals surface area contributed by atoms with E-state index in [0.29, 0.717) is 0 Å². The van der Waals surface area contributed by atoms with Crippen LogP contribution in [0.4, 0.5) is 0 Å². The van der Waals surface area contributed by atoms with Gasteiger partial charge in [-0.3, -0.25) is 4.98 Å². The number of hydrogen-bond donors (Lipinski definition) is 0. The minimum Gasteiger partial charge on any atom is -0.492 e. The molecule has 0 fully saturated rings. The molecule has 0 bridgehead atoms. The predicted octanol–water partition coefficient (Wildman–Crippen LogP) is 9.79. The van der Waals surface area contributed by atoms with Crippen LogP contribution in [0.1, 0.15) is 101 Å². The first kappa shape index (κ1) is 28.0. The van der Waals surface area contributed by atoms with Gasteiger partial charge in [0.1, 0.15) is 5.75 Å². The topological polar surface area (TPSA) is 22.1 Å². The highest BCUT2D eigenvalue weighted by Crippen LogP contribution is 2.21. The number of rotatable bonds is 18. The lowest BCUT2D eigenvalue weighted by Gasteiger charge is -2.08. The minimum atomic E-state index is 0.779. The lowest BCUT2D eigenvalue weighted by molar-refractivity contribution is 0.303. The van der Waals surface area contributed by atoms with E-state index in [-0.39, 0.29) is 0 Å². The average Bonchev–Trinajstić information content (AvgIpc) is 2.93. The molecule has 3 rings (SSSR count). The van der Waals surface area contributed by atoms with Crippen molar-refractivity contribution in [3.63, 3.8) is 0 Å². The van der Waals surface area contributed by atoms with Gasteiger partial charge in [0.2, 0.25) is 0 Å². The molecule has 2 aromatic carbocycles. The average molecular weight is 486 g/mol. The summed E-state index contributed by atoms with van der Waals surface area (Å²) in [5, 5.41) is 0. The molecule has 1 heterocycles. The van der Waals surface area contributed by atoms with E-state index in [1.54, 1.807) is 0 Å². The van der Waals surface area contributed by atoms with Crippen LogP contribution in [-0.4, -0.2) is 11.6 Å². The number of unbranched alkanes of at least 4 members (excludes halogenated alkanes) is 9. The summed E-state index contributed by atoms with van der Waals surface area (Å²) < 4.78 is 5.85. The fourth-order valence-corrected chi connectivity index (χ4v) is 4.64. The van der Waals surface area contributed by atoms with Crippen LogP contribution in [0.15, 0.2) is 66.9 Å². The SMILES string of the molecule is CCCCCCCCc1ccc(CCc2ccc(-c3ccc(OCCCCCCC)cn3)cc2)cc1. The molecule has 2 nitrogen and oxygen atoms in total. The predicted molar refractivity (Wildman–Crippen MR) is 155 cm³/mol. The fraction of sp³-hybridized carbons (Fsp3) is 0.500. The highest BCUT2D eigenvalue weighted by atomic mass is 16.5. The molecule has 0 atom stereocenters. The van der Waals surface area contributed by atoms with Gasteiger partial charge in [-0.2, -0.15) is 0 Å². The molecule has 2 heteroatoms. The van der Waals surface area contributed by atoms with Crippen molar-refractivity contribution in [3.8, 4) is 17.0 Å². The largest absolute Gasteiger partial charge is 0.492 e. The molecule has 1 aromatic heterocycles. The van der Waals surface area contributed by atoms with Crippen LogP contribution in [0, 0.1) is 0 Å². The van der Waals surface area contributed by atoms with E-state index < -0.39 is 0 Å². The van der Waals surface area contributed by atoms with E-state index in [9.17, 15) is 0 Å². The Kier molecular flexibility index (Phi) is 13.2. The lowest BCUT2D eigenvalue weighted by atomic mass is 10.00. The van der Waals surface area contributed by atoms with Crippen LogP contribution in [0.25, 0.3) is 11.3 Å². The zero-order chi connectivity index (χ0) is 25.3. The first-order valence-electron chi connectivity index (χ1n) is 14.5. The smallest absolute Gasteiger partial charge is 0.137 e. The Morgan fingerprint density at radius 2 is 1.06 bits per heavy atom. The van der Waals surface area contributed by atoms with Gasteiger partial charge in [-0.05, 0) is 60.9 Å². The number of nitrogens with zero attached hydrogens (tertiary/aromatic N) is 1. The van der Waals surface area contributed by atoms with Crippen LogP contribution < -0.4 is 4.74 Å². The monoisotopic (exact) mass is 485 g/mol. The normalized spacial score (nSPS) is 11.1. The van der Waals surface area contributed by atoms with Crippen molar-refractivity contribution in [1.29, 1.82) is 0 Å². The van der Waals surface area contributed by atoms with Crippen LogP contribution in [0.2, 0.25) is 0 Å². The van der Waals surface area contributed by atoms with E-state index in [4.69, 9.17) is 4.74 Å². The number of aromatic nitrogens is 1.